The molecule has 11 heavy (non-hydrogen) atoms. The summed E-state index contributed by atoms with van der Waals surface area (Å²) >= 11 is 0. The molecule has 68 valence electrons. The number of aliphatic hydroxyl groups excluding tert-OH is 2. The van der Waals surface area contributed by atoms with Crippen LogP contribution < -0.4 is 0 Å². The molecular formula is C9H20O2. The largest absolute Gasteiger partial charge is 0.396 e. The molecule has 1 saturated carbocycles. The van der Waals surface area contributed by atoms with Gasteiger partial charge < -0.3 is 10.2 Å². The molecule has 2 N–H and O–H groups in total. The van der Waals surface area contributed by atoms with Gasteiger partial charge in [-0.1, -0.05) is 38.5 Å². The Kier molecular flexibility index (Phi) is 9.85. The van der Waals surface area contributed by atoms with Crippen LogP contribution in [-0.4, -0.2) is 23.4 Å². The summed E-state index contributed by atoms with van der Waals surface area (Å²) in [6.45, 7) is 0.188. The maximum atomic E-state index is 7.91. The molecule has 2 nitrogen and oxygen atoms in total. The van der Waals surface area contributed by atoms with E-state index < -0.39 is 0 Å². The molecule has 0 aromatic heterocycles. The van der Waals surface area contributed by atoms with E-state index >= 15 is 0 Å². The minimum atomic E-state index is 0.0938. The molecule has 0 aromatic rings. The fraction of sp³-hybridized carbons (Fsp3) is 1.00. The van der Waals surface area contributed by atoms with Crippen LogP contribution in [0.2, 0.25) is 0 Å². The highest BCUT2D eigenvalue weighted by molar-refractivity contribution is 4.51. The van der Waals surface area contributed by atoms with Crippen LogP contribution >= 0.6 is 0 Å². The van der Waals surface area contributed by atoms with Gasteiger partial charge in [0.25, 0.3) is 0 Å². The Morgan fingerprint density at radius 2 is 0.909 bits per heavy atom. The van der Waals surface area contributed by atoms with Gasteiger partial charge >= 0.3 is 0 Å². The zero-order valence-corrected chi connectivity index (χ0v) is 7.26. The Labute approximate surface area is 69.2 Å². The molecule has 1 fully saturated rings. The average Bonchev–Trinajstić information content (AvgIpc) is 2.10. The summed E-state index contributed by atoms with van der Waals surface area (Å²) in [5.41, 5.74) is 0. The van der Waals surface area contributed by atoms with E-state index in [1.807, 2.05) is 0 Å². The maximum absolute atomic E-state index is 7.91. The summed E-state index contributed by atoms with van der Waals surface area (Å²) in [5.74, 6) is 0. The van der Waals surface area contributed by atoms with Crippen molar-refractivity contribution in [3.8, 4) is 0 Å². The van der Waals surface area contributed by atoms with Crippen molar-refractivity contribution in [2.45, 2.75) is 44.9 Å². The number of rotatable bonds is 2. The third kappa shape index (κ3) is 9.92. The molecule has 1 rings (SSSR count). The van der Waals surface area contributed by atoms with Gasteiger partial charge in [-0.25, -0.2) is 0 Å². The van der Waals surface area contributed by atoms with E-state index in [1.54, 1.807) is 0 Å². The van der Waals surface area contributed by atoms with Crippen molar-refractivity contribution in [2.24, 2.45) is 0 Å². The summed E-state index contributed by atoms with van der Waals surface area (Å²) in [6.07, 6.45) is 9.50. The fourth-order valence-corrected chi connectivity index (χ4v) is 1.13. The minimum absolute atomic E-state index is 0.0938. The van der Waals surface area contributed by atoms with Crippen LogP contribution in [0.5, 0.6) is 0 Å². The van der Waals surface area contributed by atoms with Gasteiger partial charge in [0.2, 0.25) is 0 Å². The van der Waals surface area contributed by atoms with Crippen LogP contribution in [-0.2, 0) is 0 Å². The second-order valence-corrected chi connectivity index (χ2v) is 2.92. The molecule has 0 atom stereocenters. The SMILES string of the molecule is C1CCCCC1.OCCCO. The smallest absolute Gasteiger partial charge is 0.0452 e. The minimum Gasteiger partial charge on any atom is -0.396 e. The van der Waals surface area contributed by atoms with Crippen molar-refractivity contribution in [1.29, 1.82) is 0 Å². The zero-order valence-electron chi connectivity index (χ0n) is 7.26. The van der Waals surface area contributed by atoms with Crippen molar-refractivity contribution in [2.75, 3.05) is 13.2 Å². The molecule has 0 amide bonds. The van der Waals surface area contributed by atoms with Crippen LogP contribution in [0, 0.1) is 0 Å². The van der Waals surface area contributed by atoms with E-state index in [0.717, 1.165) is 0 Å². The summed E-state index contributed by atoms with van der Waals surface area (Å²) < 4.78 is 0. The van der Waals surface area contributed by atoms with Gasteiger partial charge in [-0.05, 0) is 6.42 Å². The topological polar surface area (TPSA) is 40.5 Å². The van der Waals surface area contributed by atoms with Crippen molar-refractivity contribution >= 4 is 0 Å². The van der Waals surface area contributed by atoms with E-state index in [4.69, 9.17) is 10.2 Å². The van der Waals surface area contributed by atoms with Gasteiger partial charge in [-0.15, -0.1) is 0 Å². The van der Waals surface area contributed by atoms with Gasteiger partial charge in [0, 0.05) is 13.2 Å². The first-order valence-electron chi connectivity index (χ1n) is 4.63. The third-order valence-corrected chi connectivity index (χ3v) is 1.82. The number of hydrogen-bond acceptors (Lipinski definition) is 2. The van der Waals surface area contributed by atoms with Crippen LogP contribution in [0.25, 0.3) is 0 Å². The van der Waals surface area contributed by atoms with E-state index in [0.29, 0.717) is 6.42 Å². The van der Waals surface area contributed by atoms with Crippen LogP contribution in [0.15, 0.2) is 0 Å². The lowest BCUT2D eigenvalue weighted by atomic mass is 10.0. The average molecular weight is 160 g/mol. The summed E-state index contributed by atoms with van der Waals surface area (Å²) in [5, 5.41) is 15.8. The van der Waals surface area contributed by atoms with E-state index in [2.05, 4.69) is 0 Å². The lowest BCUT2D eigenvalue weighted by Gasteiger charge is -2.05. The fourth-order valence-electron chi connectivity index (χ4n) is 1.13. The molecule has 0 unspecified atom stereocenters. The Balaban J connectivity index is 0.000000187. The van der Waals surface area contributed by atoms with E-state index in [-0.39, 0.29) is 13.2 Å². The van der Waals surface area contributed by atoms with Crippen molar-refractivity contribution in [3.63, 3.8) is 0 Å². The highest BCUT2D eigenvalue weighted by Crippen LogP contribution is 2.15. The van der Waals surface area contributed by atoms with Gasteiger partial charge in [0.1, 0.15) is 0 Å². The lowest BCUT2D eigenvalue weighted by molar-refractivity contribution is 0.221. The molecule has 0 heterocycles. The lowest BCUT2D eigenvalue weighted by Crippen LogP contribution is -1.85. The second kappa shape index (κ2) is 9.92. The molecular weight excluding hydrogens is 140 g/mol. The highest BCUT2D eigenvalue weighted by atomic mass is 16.3. The summed E-state index contributed by atoms with van der Waals surface area (Å²) in [6, 6.07) is 0. The van der Waals surface area contributed by atoms with Gasteiger partial charge in [0.05, 0.1) is 0 Å². The van der Waals surface area contributed by atoms with E-state index in [9.17, 15) is 0 Å². The monoisotopic (exact) mass is 160 g/mol. The Morgan fingerprint density at radius 1 is 0.636 bits per heavy atom. The molecule has 0 aliphatic heterocycles. The van der Waals surface area contributed by atoms with Crippen molar-refractivity contribution in [1.82, 2.24) is 0 Å². The van der Waals surface area contributed by atoms with Crippen molar-refractivity contribution < 1.29 is 10.2 Å². The standard InChI is InChI=1S/C6H12.C3H8O2/c1-2-4-6-5-3-1;4-2-1-3-5/h1-6H2;4-5H,1-3H2. The third-order valence-electron chi connectivity index (χ3n) is 1.82. The molecule has 0 aromatic carbocycles. The van der Waals surface area contributed by atoms with Crippen molar-refractivity contribution in [3.05, 3.63) is 0 Å². The van der Waals surface area contributed by atoms with Crippen LogP contribution in [0.1, 0.15) is 44.9 Å². The molecule has 1 aliphatic rings. The predicted octanol–water partition coefficient (Wildman–Crippen LogP) is 1.70. The first kappa shape index (κ1) is 10.9. The molecule has 2 heteroatoms. The second-order valence-electron chi connectivity index (χ2n) is 2.92. The quantitative estimate of drug-likeness (QED) is 0.645. The summed E-state index contributed by atoms with van der Waals surface area (Å²) in [7, 11) is 0. The predicted molar refractivity (Wildman–Crippen MR) is 46.5 cm³/mol. The Hall–Kier alpha value is -0.0800. The highest BCUT2D eigenvalue weighted by Gasteiger charge is 1.95. The van der Waals surface area contributed by atoms with Crippen LogP contribution in [0.3, 0.4) is 0 Å². The molecule has 0 spiro atoms. The zero-order chi connectivity index (χ0) is 8.36. The molecule has 0 bridgehead atoms. The molecule has 0 radical (unpaired) electrons. The normalized spacial score (nSPS) is 16.9. The Bertz CT molecular complexity index is 47.1. The number of hydrogen-bond donors (Lipinski definition) is 2. The molecule has 1 aliphatic carbocycles. The van der Waals surface area contributed by atoms with Gasteiger partial charge in [0.15, 0.2) is 0 Å². The first-order valence-corrected chi connectivity index (χ1v) is 4.63. The molecule has 0 saturated heterocycles. The summed E-state index contributed by atoms with van der Waals surface area (Å²) in [4.78, 5) is 0. The Morgan fingerprint density at radius 3 is 1.00 bits per heavy atom. The maximum Gasteiger partial charge on any atom is 0.0452 e. The van der Waals surface area contributed by atoms with Crippen LogP contribution in [0.4, 0.5) is 0 Å². The van der Waals surface area contributed by atoms with Gasteiger partial charge in [-0.3, -0.25) is 0 Å². The first-order chi connectivity index (χ1) is 5.41. The van der Waals surface area contributed by atoms with E-state index in [1.165, 1.54) is 38.5 Å². The number of aliphatic hydroxyl groups is 2. The van der Waals surface area contributed by atoms with Gasteiger partial charge in [-0.2, -0.15) is 0 Å².